The standard InChI is InChI=1S/C17H25NO2/c1-13-10-11-18(16(19)20-17(2,3)4)15(13)12-14-8-6-5-7-9-14/h5-9,13,15H,10-12H2,1-4H3/t13-,15+/m0/s1. The second-order valence-electron chi connectivity index (χ2n) is 6.70. The zero-order valence-electron chi connectivity index (χ0n) is 12.9. The summed E-state index contributed by atoms with van der Waals surface area (Å²) < 4.78 is 5.52. The molecule has 0 aliphatic carbocycles. The van der Waals surface area contributed by atoms with Crippen molar-refractivity contribution in [2.75, 3.05) is 6.54 Å². The molecule has 20 heavy (non-hydrogen) atoms. The molecule has 1 amide bonds. The van der Waals surface area contributed by atoms with Crippen LogP contribution in [0.3, 0.4) is 0 Å². The van der Waals surface area contributed by atoms with E-state index in [4.69, 9.17) is 4.74 Å². The molecule has 3 heteroatoms. The van der Waals surface area contributed by atoms with Gasteiger partial charge in [0, 0.05) is 12.6 Å². The lowest BCUT2D eigenvalue weighted by Crippen LogP contribution is -2.42. The summed E-state index contributed by atoms with van der Waals surface area (Å²) >= 11 is 0. The van der Waals surface area contributed by atoms with Crippen LogP contribution in [0, 0.1) is 5.92 Å². The smallest absolute Gasteiger partial charge is 0.410 e. The molecule has 1 aromatic carbocycles. The van der Waals surface area contributed by atoms with Gasteiger partial charge in [0.2, 0.25) is 0 Å². The molecule has 2 atom stereocenters. The Morgan fingerprint density at radius 2 is 1.95 bits per heavy atom. The van der Waals surface area contributed by atoms with E-state index in [0.717, 1.165) is 19.4 Å². The van der Waals surface area contributed by atoms with E-state index < -0.39 is 5.60 Å². The number of benzene rings is 1. The molecule has 1 saturated heterocycles. The lowest BCUT2D eigenvalue weighted by molar-refractivity contribution is 0.0211. The molecule has 0 saturated carbocycles. The lowest BCUT2D eigenvalue weighted by Gasteiger charge is -2.30. The summed E-state index contributed by atoms with van der Waals surface area (Å²) in [4.78, 5) is 14.2. The number of rotatable bonds is 2. The normalized spacial score (nSPS) is 22.9. The van der Waals surface area contributed by atoms with Gasteiger partial charge in [0.25, 0.3) is 0 Å². The van der Waals surface area contributed by atoms with Gasteiger partial charge >= 0.3 is 6.09 Å². The van der Waals surface area contributed by atoms with E-state index in [0.29, 0.717) is 5.92 Å². The molecule has 0 aromatic heterocycles. The second kappa shape index (κ2) is 5.86. The molecule has 1 heterocycles. The molecule has 0 bridgehead atoms. The molecule has 3 nitrogen and oxygen atoms in total. The van der Waals surface area contributed by atoms with Crippen molar-refractivity contribution < 1.29 is 9.53 Å². The first-order valence-electron chi connectivity index (χ1n) is 7.40. The van der Waals surface area contributed by atoms with Crippen LogP contribution in [0.25, 0.3) is 0 Å². The highest BCUT2D eigenvalue weighted by atomic mass is 16.6. The summed E-state index contributed by atoms with van der Waals surface area (Å²) in [5.74, 6) is 0.516. The molecule has 2 rings (SSSR count). The van der Waals surface area contributed by atoms with E-state index in [1.165, 1.54) is 5.56 Å². The number of hydrogen-bond acceptors (Lipinski definition) is 2. The maximum absolute atomic E-state index is 12.3. The summed E-state index contributed by atoms with van der Waals surface area (Å²) in [6, 6.07) is 10.6. The van der Waals surface area contributed by atoms with E-state index in [1.807, 2.05) is 43.9 Å². The first-order chi connectivity index (χ1) is 9.37. The van der Waals surface area contributed by atoms with E-state index in [9.17, 15) is 4.79 Å². The van der Waals surface area contributed by atoms with Gasteiger partial charge in [-0.1, -0.05) is 37.3 Å². The Hall–Kier alpha value is -1.51. The Bertz CT molecular complexity index is 450. The Labute approximate surface area is 121 Å². The molecule has 0 radical (unpaired) electrons. The van der Waals surface area contributed by atoms with Crippen molar-refractivity contribution in [1.29, 1.82) is 0 Å². The fourth-order valence-electron chi connectivity index (χ4n) is 2.72. The quantitative estimate of drug-likeness (QED) is 0.820. The first-order valence-corrected chi connectivity index (χ1v) is 7.40. The molecule has 0 spiro atoms. The second-order valence-corrected chi connectivity index (χ2v) is 6.70. The molecule has 110 valence electrons. The van der Waals surface area contributed by atoms with Gasteiger partial charge in [-0.15, -0.1) is 0 Å². The van der Waals surface area contributed by atoms with Crippen LogP contribution in [0.5, 0.6) is 0 Å². The van der Waals surface area contributed by atoms with Gasteiger partial charge in [-0.25, -0.2) is 4.79 Å². The molecular formula is C17H25NO2. The number of hydrogen-bond donors (Lipinski definition) is 0. The molecule has 0 unspecified atom stereocenters. The van der Waals surface area contributed by atoms with Crippen LogP contribution in [-0.4, -0.2) is 29.2 Å². The van der Waals surface area contributed by atoms with Crippen LogP contribution in [0.2, 0.25) is 0 Å². The Morgan fingerprint density at radius 3 is 2.55 bits per heavy atom. The fraction of sp³-hybridized carbons (Fsp3) is 0.588. The van der Waals surface area contributed by atoms with Crippen LogP contribution in [0.1, 0.15) is 39.7 Å². The highest BCUT2D eigenvalue weighted by molar-refractivity contribution is 5.69. The number of nitrogens with zero attached hydrogens (tertiary/aromatic N) is 1. The minimum absolute atomic E-state index is 0.178. The van der Waals surface area contributed by atoms with E-state index in [1.54, 1.807) is 0 Å². The van der Waals surface area contributed by atoms with Gasteiger partial charge in [0.05, 0.1) is 0 Å². The number of likely N-dealkylation sites (tertiary alicyclic amines) is 1. The summed E-state index contributed by atoms with van der Waals surface area (Å²) in [6.07, 6.45) is 1.78. The van der Waals surface area contributed by atoms with Gasteiger partial charge in [-0.3, -0.25) is 0 Å². The Morgan fingerprint density at radius 1 is 1.30 bits per heavy atom. The van der Waals surface area contributed by atoms with Gasteiger partial charge in [0.1, 0.15) is 5.60 Å². The van der Waals surface area contributed by atoms with Crippen LogP contribution < -0.4 is 0 Å². The van der Waals surface area contributed by atoms with Crippen LogP contribution in [-0.2, 0) is 11.2 Å². The number of amides is 1. The van der Waals surface area contributed by atoms with E-state index in [-0.39, 0.29) is 12.1 Å². The van der Waals surface area contributed by atoms with Gasteiger partial charge in [-0.2, -0.15) is 0 Å². The zero-order chi connectivity index (χ0) is 14.8. The van der Waals surface area contributed by atoms with Crippen molar-refractivity contribution in [3.05, 3.63) is 35.9 Å². The molecule has 1 aliphatic heterocycles. The summed E-state index contributed by atoms with van der Waals surface area (Å²) in [6.45, 7) is 8.76. The van der Waals surface area contributed by atoms with Crippen molar-refractivity contribution in [3.63, 3.8) is 0 Å². The number of carbonyl (C=O) groups excluding carboxylic acids is 1. The summed E-state index contributed by atoms with van der Waals surface area (Å²) in [5, 5.41) is 0. The Kier molecular flexibility index (Phi) is 4.36. The van der Waals surface area contributed by atoms with Crippen molar-refractivity contribution in [2.45, 2.75) is 52.2 Å². The third-order valence-corrected chi connectivity index (χ3v) is 3.80. The van der Waals surface area contributed by atoms with Gasteiger partial charge in [0.15, 0.2) is 0 Å². The largest absolute Gasteiger partial charge is 0.444 e. The van der Waals surface area contributed by atoms with E-state index in [2.05, 4.69) is 19.1 Å². The minimum atomic E-state index is -0.430. The Balaban J connectivity index is 2.07. The molecule has 0 N–H and O–H groups in total. The maximum atomic E-state index is 12.3. The predicted octanol–water partition coefficient (Wildman–Crippen LogP) is 3.87. The topological polar surface area (TPSA) is 29.5 Å². The summed E-state index contributed by atoms with van der Waals surface area (Å²) in [5.41, 5.74) is 0.847. The maximum Gasteiger partial charge on any atom is 0.410 e. The van der Waals surface area contributed by atoms with Crippen LogP contribution >= 0.6 is 0 Å². The van der Waals surface area contributed by atoms with Gasteiger partial charge < -0.3 is 9.64 Å². The predicted molar refractivity (Wildman–Crippen MR) is 80.7 cm³/mol. The van der Waals surface area contributed by atoms with Crippen molar-refractivity contribution in [3.8, 4) is 0 Å². The highest BCUT2D eigenvalue weighted by Gasteiger charge is 2.36. The lowest BCUT2D eigenvalue weighted by atomic mass is 9.96. The SMILES string of the molecule is C[C@H]1CCN(C(=O)OC(C)(C)C)[C@@H]1Cc1ccccc1. The average molecular weight is 275 g/mol. The third kappa shape index (κ3) is 3.75. The van der Waals surface area contributed by atoms with Crippen LogP contribution in [0.4, 0.5) is 4.79 Å². The van der Waals surface area contributed by atoms with E-state index >= 15 is 0 Å². The highest BCUT2D eigenvalue weighted by Crippen LogP contribution is 2.28. The average Bonchev–Trinajstić information content (AvgIpc) is 2.70. The number of ether oxygens (including phenoxy) is 1. The molecule has 1 aromatic rings. The van der Waals surface area contributed by atoms with Crippen molar-refractivity contribution in [1.82, 2.24) is 4.90 Å². The number of carbonyl (C=O) groups is 1. The van der Waals surface area contributed by atoms with Crippen molar-refractivity contribution in [2.24, 2.45) is 5.92 Å². The zero-order valence-corrected chi connectivity index (χ0v) is 12.9. The van der Waals surface area contributed by atoms with Crippen LogP contribution in [0.15, 0.2) is 30.3 Å². The van der Waals surface area contributed by atoms with Crippen molar-refractivity contribution >= 4 is 6.09 Å². The third-order valence-electron chi connectivity index (χ3n) is 3.80. The molecular weight excluding hydrogens is 250 g/mol. The first kappa shape index (κ1) is 14.9. The minimum Gasteiger partial charge on any atom is -0.444 e. The monoisotopic (exact) mass is 275 g/mol. The fourth-order valence-corrected chi connectivity index (χ4v) is 2.72. The molecule has 1 fully saturated rings. The van der Waals surface area contributed by atoms with Gasteiger partial charge in [-0.05, 0) is 45.1 Å². The summed E-state index contributed by atoms with van der Waals surface area (Å²) in [7, 11) is 0. The molecule has 1 aliphatic rings.